The number of hydrogen-bond acceptors (Lipinski definition) is 2. The Hall–Kier alpha value is -0.800. The molecule has 0 amide bonds. The van der Waals surface area contributed by atoms with E-state index in [1.54, 1.807) is 7.11 Å². The average Bonchev–Trinajstić information content (AvgIpc) is 2.57. The van der Waals surface area contributed by atoms with E-state index in [1.807, 2.05) is 12.1 Å². The van der Waals surface area contributed by atoms with Crippen LogP contribution in [-0.4, -0.2) is 31.4 Å². The van der Waals surface area contributed by atoms with Gasteiger partial charge in [0.15, 0.2) is 0 Å². The zero-order valence-electron chi connectivity index (χ0n) is 7.49. The second-order valence-corrected chi connectivity index (χ2v) is 2.66. The molecule has 68 valence electrons. The van der Waals surface area contributed by atoms with Gasteiger partial charge >= 0.3 is 0 Å². The standard InChI is InChI=1S/C9H16N2O/c1-12-9-5-10-4-8-11-6-2-3-7-11/h2-3,6-7,10H,4-5,8-9H2,1H3. The van der Waals surface area contributed by atoms with E-state index in [0.29, 0.717) is 0 Å². The molecule has 0 fully saturated rings. The first-order valence-corrected chi connectivity index (χ1v) is 4.24. The van der Waals surface area contributed by atoms with E-state index in [0.717, 1.165) is 26.2 Å². The van der Waals surface area contributed by atoms with Gasteiger partial charge < -0.3 is 14.6 Å². The zero-order chi connectivity index (χ0) is 8.65. The smallest absolute Gasteiger partial charge is 0.0587 e. The second-order valence-electron chi connectivity index (χ2n) is 2.66. The van der Waals surface area contributed by atoms with Crippen molar-refractivity contribution in [2.45, 2.75) is 6.54 Å². The summed E-state index contributed by atoms with van der Waals surface area (Å²) >= 11 is 0. The third kappa shape index (κ3) is 3.55. The Labute approximate surface area is 73.3 Å². The van der Waals surface area contributed by atoms with Crippen molar-refractivity contribution in [2.75, 3.05) is 26.8 Å². The summed E-state index contributed by atoms with van der Waals surface area (Å²) in [6.45, 7) is 3.73. The van der Waals surface area contributed by atoms with Crippen LogP contribution in [-0.2, 0) is 11.3 Å². The third-order valence-electron chi connectivity index (χ3n) is 1.70. The molecule has 0 saturated heterocycles. The predicted molar refractivity (Wildman–Crippen MR) is 49.2 cm³/mol. The Morgan fingerprint density at radius 3 is 2.67 bits per heavy atom. The third-order valence-corrected chi connectivity index (χ3v) is 1.70. The first kappa shape index (κ1) is 9.29. The molecular weight excluding hydrogens is 152 g/mol. The minimum Gasteiger partial charge on any atom is -0.383 e. The van der Waals surface area contributed by atoms with Gasteiger partial charge in [0.25, 0.3) is 0 Å². The molecule has 0 atom stereocenters. The highest BCUT2D eigenvalue weighted by Crippen LogP contribution is 1.87. The molecule has 1 N–H and O–H groups in total. The van der Waals surface area contributed by atoms with Crippen LogP contribution in [0.5, 0.6) is 0 Å². The second kappa shape index (κ2) is 5.80. The first-order valence-electron chi connectivity index (χ1n) is 4.24. The molecule has 0 radical (unpaired) electrons. The molecule has 0 aliphatic heterocycles. The molecule has 1 aromatic heterocycles. The van der Waals surface area contributed by atoms with Gasteiger partial charge in [0.1, 0.15) is 0 Å². The Balaban J connectivity index is 1.96. The van der Waals surface area contributed by atoms with Crippen molar-refractivity contribution < 1.29 is 4.74 Å². The largest absolute Gasteiger partial charge is 0.383 e. The van der Waals surface area contributed by atoms with Crippen LogP contribution in [0.1, 0.15) is 0 Å². The number of hydrogen-bond donors (Lipinski definition) is 1. The van der Waals surface area contributed by atoms with Crippen LogP contribution < -0.4 is 5.32 Å². The summed E-state index contributed by atoms with van der Waals surface area (Å²) in [4.78, 5) is 0. The maximum atomic E-state index is 4.91. The molecular formula is C9H16N2O. The van der Waals surface area contributed by atoms with Crippen molar-refractivity contribution in [3.8, 4) is 0 Å². The Bertz CT molecular complexity index is 184. The summed E-state index contributed by atoms with van der Waals surface area (Å²) in [5.41, 5.74) is 0. The van der Waals surface area contributed by atoms with Gasteiger partial charge in [-0.15, -0.1) is 0 Å². The van der Waals surface area contributed by atoms with E-state index in [1.165, 1.54) is 0 Å². The Morgan fingerprint density at radius 1 is 1.25 bits per heavy atom. The van der Waals surface area contributed by atoms with Crippen LogP contribution >= 0.6 is 0 Å². The molecule has 1 aromatic rings. The maximum absolute atomic E-state index is 4.91. The fourth-order valence-electron chi connectivity index (χ4n) is 1.03. The van der Waals surface area contributed by atoms with Crippen molar-refractivity contribution in [1.29, 1.82) is 0 Å². The fraction of sp³-hybridized carbons (Fsp3) is 0.556. The predicted octanol–water partition coefficient (Wildman–Crippen LogP) is 0.724. The molecule has 0 saturated carbocycles. The highest BCUT2D eigenvalue weighted by atomic mass is 16.5. The minimum absolute atomic E-state index is 0.783. The summed E-state index contributed by atoms with van der Waals surface area (Å²) < 4.78 is 7.06. The first-order chi connectivity index (χ1) is 5.93. The number of nitrogens with zero attached hydrogens (tertiary/aromatic N) is 1. The van der Waals surface area contributed by atoms with E-state index >= 15 is 0 Å². The molecule has 1 heterocycles. The van der Waals surface area contributed by atoms with Crippen molar-refractivity contribution in [3.05, 3.63) is 24.5 Å². The molecule has 0 aromatic carbocycles. The summed E-state index contributed by atoms with van der Waals surface area (Å²) in [7, 11) is 1.72. The molecule has 0 bridgehead atoms. The number of aromatic nitrogens is 1. The lowest BCUT2D eigenvalue weighted by Gasteiger charge is -2.04. The lowest BCUT2D eigenvalue weighted by molar-refractivity contribution is 0.199. The molecule has 1 rings (SSSR count). The van der Waals surface area contributed by atoms with Gasteiger partial charge in [-0.25, -0.2) is 0 Å². The van der Waals surface area contributed by atoms with E-state index < -0.39 is 0 Å². The normalized spacial score (nSPS) is 10.4. The highest BCUT2D eigenvalue weighted by Gasteiger charge is 1.88. The van der Waals surface area contributed by atoms with Crippen LogP contribution in [0.4, 0.5) is 0 Å². The van der Waals surface area contributed by atoms with Crippen LogP contribution in [0.25, 0.3) is 0 Å². The number of methoxy groups -OCH3 is 1. The van der Waals surface area contributed by atoms with E-state index in [9.17, 15) is 0 Å². The molecule has 12 heavy (non-hydrogen) atoms. The van der Waals surface area contributed by atoms with Crippen molar-refractivity contribution in [1.82, 2.24) is 9.88 Å². The summed E-state index contributed by atoms with van der Waals surface area (Å²) in [6.07, 6.45) is 4.13. The van der Waals surface area contributed by atoms with E-state index in [-0.39, 0.29) is 0 Å². The van der Waals surface area contributed by atoms with Crippen LogP contribution in [0.15, 0.2) is 24.5 Å². The molecule has 3 heteroatoms. The SMILES string of the molecule is COCCNCCn1cccc1. The van der Waals surface area contributed by atoms with Gasteiger partial charge in [-0.1, -0.05) is 0 Å². The molecule has 0 aliphatic carbocycles. The lowest BCUT2D eigenvalue weighted by Crippen LogP contribution is -2.23. The van der Waals surface area contributed by atoms with Gasteiger partial charge in [0.05, 0.1) is 6.61 Å². The monoisotopic (exact) mass is 168 g/mol. The zero-order valence-corrected chi connectivity index (χ0v) is 7.49. The van der Waals surface area contributed by atoms with Crippen molar-refractivity contribution in [2.24, 2.45) is 0 Å². The topological polar surface area (TPSA) is 26.2 Å². The van der Waals surface area contributed by atoms with E-state index in [4.69, 9.17) is 4.74 Å². The summed E-state index contributed by atoms with van der Waals surface area (Å²) in [5, 5.41) is 3.28. The molecule has 3 nitrogen and oxygen atoms in total. The average molecular weight is 168 g/mol. The quantitative estimate of drug-likeness (QED) is 0.634. The summed E-state index contributed by atoms with van der Waals surface area (Å²) in [6, 6.07) is 4.07. The lowest BCUT2D eigenvalue weighted by atomic mass is 10.5. The Kier molecular flexibility index (Phi) is 4.49. The number of nitrogens with one attached hydrogen (secondary N) is 1. The molecule has 0 aliphatic rings. The summed E-state index contributed by atoms with van der Waals surface area (Å²) in [5.74, 6) is 0. The van der Waals surface area contributed by atoms with Crippen molar-refractivity contribution >= 4 is 0 Å². The molecule has 0 unspecified atom stereocenters. The van der Waals surface area contributed by atoms with Gasteiger partial charge in [-0.2, -0.15) is 0 Å². The van der Waals surface area contributed by atoms with E-state index in [2.05, 4.69) is 22.3 Å². The van der Waals surface area contributed by atoms with Gasteiger partial charge in [-0.3, -0.25) is 0 Å². The Morgan fingerprint density at radius 2 is 2.00 bits per heavy atom. The highest BCUT2D eigenvalue weighted by molar-refractivity contribution is 4.90. The minimum atomic E-state index is 0.783. The van der Waals surface area contributed by atoms with Gasteiger partial charge in [-0.05, 0) is 12.1 Å². The van der Waals surface area contributed by atoms with Crippen molar-refractivity contribution in [3.63, 3.8) is 0 Å². The van der Waals surface area contributed by atoms with Gasteiger partial charge in [0, 0.05) is 39.1 Å². The van der Waals surface area contributed by atoms with Crippen LogP contribution in [0, 0.1) is 0 Å². The fourth-order valence-corrected chi connectivity index (χ4v) is 1.03. The molecule has 0 spiro atoms. The van der Waals surface area contributed by atoms with Crippen LogP contribution in [0.3, 0.4) is 0 Å². The number of rotatable bonds is 6. The number of ether oxygens (including phenoxy) is 1. The van der Waals surface area contributed by atoms with Crippen LogP contribution in [0.2, 0.25) is 0 Å². The maximum Gasteiger partial charge on any atom is 0.0587 e. The van der Waals surface area contributed by atoms with Gasteiger partial charge in [0.2, 0.25) is 0 Å².